The van der Waals surface area contributed by atoms with Gasteiger partial charge in [0.25, 0.3) is 5.91 Å². The highest BCUT2D eigenvalue weighted by Crippen LogP contribution is 2.27. The molecule has 5 amide bonds. The average Bonchev–Trinajstić information content (AvgIpc) is 3.03. The van der Waals surface area contributed by atoms with Gasteiger partial charge in [0, 0.05) is 24.7 Å². The lowest BCUT2D eigenvalue weighted by Crippen LogP contribution is -2.45. The Bertz CT molecular complexity index is 1530. The number of carbonyl (C=O) groups is 6. The van der Waals surface area contributed by atoms with Gasteiger partial charge >= 0.3 is 12.1 Å². The van der Waals surface area contributed by atoms with E-state index in [1.54, 1.807) is 36.4 Å². The van der Waals surface area contributed by atoms with Gasteiger partial charge in [-0.2, -0.15) is 0 Å². The van der Waals surface area contributed by atoms with Crippen LogP contribution in [0.5, 0.6) is 0 Å². The van der Waals surface area contributed by atoms with E-state index in [0.717, 1.165) is 5.56 Å². The van der Waals surface area contributed by atoms with Crippen LogP contribution in [0.25, 0.3) is 11.1 Å². The number of amides is 5. The molecule has 0 fully saturated rings. The largest absolute Gasteiger partial charge is 0.481 e. The zero-order valence-electron chi connectivity index (χ0n) is 25.3. The number of hydrogen-bond donors (Lipinski definition) is 6. The molecule has 0 radical (unpaired) electrons. The van der Waals surface area contributed by atoms with Crippen molar-refractivity contribution in [2.45, 2.75) is 51.3 Å². The van der Waals surface area contributed by atoms with Crippen molar-refractivity contribution >= 4 is 41.4 Å². The summed E-state index contributed by atoms with van der Waals surface area (Å²) in [6.07, 6.45) is 0.0760. The minimum Gasteiger partial charge on any atom is -0.481 e. The van der Waals surface area contributed by atoms with E-state index >= 15 is 0 Å². The molecule has 2 unspecified atom stereocenters. The number of nitrogens with one attached hydrogen (secondary N) is 4. The standard InChI is InChI=1S/C33H37N5O8/c1-21(39)36-27(14-8-9-17-35-33(45)46-20-22-10-4-2-5-11-22)32(44)37-24-15-16-25(26(18-24)23-12-6-3-7-13-23)31(43)38-28(30(34)42)19-29(40)41/h2-7,10-13,15-16,18,27-28H,8-9,14,17,19-20H2,1H3,(H2,34,42)(H,35,45)(H,36,39)(H,37,44)(H,38,43)(H,40,41). The third kappa shape index (κ3) is 11.4. The summed E-state index contributed by atoms with van der Waals surface area (Å²) >= 11 is 0. The van der Waals surface area contributed by atoms with Gasteiger partial charge in [-0.15, -0.1) is 0 Å². The van der Waals surface area contributed by atoms with Crippen molar-refractivity contribution in [2.24, 2.45) is 5.73 Å². The van der Waals surface area contributed by atoms with Crippen molar-refractivity contribution in [1.82, 2.24) is 16.0 Å². The Balaban J connectivity index is 1.64. The molecule has 46 heavy (non-hydrogen) atoms. The Morgan fingerprint density at radius 1 is 0.848 bits per heavy atom. The number of primary amides is 1. The lowest BCUT2D eigenvalue weighted by Gasteiger charge is -2.19. The predicted molar refractivity (Wildman–Crippen MR) is 169 cm³/mol. The molecular formula is C33H37N5O8. The summed E-state index contributed by atoms with van der Waals surface area (Å²) < 4.78 is 5.18. The molecule has 0 aliphatic rings. The van der Waals surface area contributed by atoms with Crippen molar-refractivity contribution in [2.75, 3.05) is 11.9 Å². The fourth-order valence-corrected chi connectivity index (χ4v) is 4.49. The van der Waals surface area contributed by atoms with Gasteiger partial charge in [-0.3, -0.25) is 24.0 Å². The molecule has 13 nitrogen and oxygen atoms in total. The highest BCUT2D eigenvalue weighted by molar-refractivity contribution is 6.05. The third-order valence-corrected chi connectivity index (χ3v) is 6.74. The number of nitrogens with two attached hydrogens (primary N) is 1. The molecule has 0 saturated heterocycles. The number of carbonyl (C=O) groups excluding carboxylic acids is 5. The minimum atomic E-state index is -1.43. The molecule has 0 bridgehead atoms. The normalized spacial score (nSPS) is 11.8. The second-order valence-corrected chi connectivity index (χ2v) is 10.4. The van der Waals surface area contributed by atoms with Crippen LogP contribution < -0.4 is 27.0 Å². The molecule has 0 aliphatic heterocycles. The van der Waals surface area contributed by atoms with Crippen molar-refractivity contribution in [1.29, 1.82) is 0 Å². The molecule has 0 spiro atoms. The van der Waals surface area contributed by atoms with Crippen LogP contribution in [0.1, 0.15) is 48.5 Å². The van der Waals surface area contributed by atoms with Crippen LogP contribution >= 0.6 is 0 Å². The average molecular weight is 632 g/mol. The fourth-order valence-electron chi connectivity index (χ4n) is 4.49. The molecule has 0 heterocycles. The molecule has 3 rings (SSSR count). The maximum absolute atomic E-state index is 13.2. The smallest absolute Gasteiger partial charge is 0.407 e. The van der Waals surface area contributed by atoms with Crippen LogP contribution in [-0.4, -0.2) is 59.4 Å². The Kier molecular flexibility index (Phi) is 13.3. The molecule has 2 atom stereocenters. The van der Waals surface area contributed by atoms with E-state index in [1.807, 2.05) is 30.3 Å². The maximum atomic E-state index is 13.2. The summed E-state index contributed by atoms with van der Waals surface area (Å²) in [6, 6.07) is 20.2. The number of alkyl carbamates (subject to hydrolysis) is 1. The van der Waals surface area contributed by atoms with E-state index in [-0.39, 0.29) is 18.6 Å². The number of hydrogen-bond acceptors (Lipinski definition) is 7. The Morgan fingerprint density at radius 3 is 2.15 bits per heavy atom. The van der Waals surface area contributed by atoms with Gasteiger partial charge in [0.15, 0.2) is 0 Å². The molecule has 3 aromatic rings. The predicted octanol–water partition coefficient (Wildman–Crippen LogP) is 2.95. The van der Waals surface area contributed by atoms with Crippen LogP contribution in [0, 0.1) is 0 Å². The second-order valence-electron chi connectivity index (χ2n) is 10.4. The number of anilines is 1. The Labute approximate surface area is 265 Å². The van der Waals surface area contributed by atoms with Gasteiger partial charge in [-0.05, 0) is 54.2 Å². The molecule has 242 valence electrons. The molecule has 0 aliphatic carbocycles. The summed E-state index contributed by atoms with van der Waals surface area (Å²) in [7, 11) is 0. The number of unbranched alkanes of at least 4 members (excludes halogenated alkanes) is 1. The zero-order chi connectivity index (χ0) is 33.5. The second kappa shape index (κ2) is 17.5. The van der Waals surface area contributed by atoms with Gasteiger partial charge in [-0.1, -0.05) is 60.7 Å². The van der Waals surface area contributed by atoms with E-state index in [2.05, 4.69) is 21.3 Å². The minimum absolute atomic E-state index is 0.119. The summed E-state index contributed by atoms with van der Waals surface area (Å²) in [5, 5.41) is 19.5. The van der Waals surface area contributed by atoms with Crippen LogP contribution in [-0.2, 0) is 30.5 Å². The maximum Gasteiger partial charge on any atom is 0.407 e. The van der Waals surface area contributed by atoms with Gasteiger partial charge in [-0.25, -0.2) is 4.79 Å². The van der Waals surface area contributed by atoms with Crippen molar-refractivity contribution < 1.29 is 38.6 Å². The molecule has 0 aromatic heterocycles. The van der Waals surface area contributed by atoms with E-state index < -0.39 is 54.2 Å². The van der Waals surface area contributed by atoms with Crippen LogP contribution in [0.2, 0.25) is 0 Å². The van der Waals surface area contributed by atoms with E-state index in [9.17, 15) is 28.8 Å². The third-order valence-electron chi connectivity index (χ3n) is 6.74. The summed E-state index contributed by atoms with van der Waals surface area (Å²) in [5.74, 6) is -3.92. The monoisotopic (exact) mass is 631 g/mol. The Hall–Kier alpha value is -5.72. The topological polar surface area (TPSA) is 206 Å². The summed E-state index contributed by atoms with van der Waals surface area (Å²) in [5.41, 5.74) is 7.61. The van der Waals surface area contributed by atoms with Gasteiger partial charge in [0.2, 0.25) is 17.7 Å². The number of aliphatic carboxylic acids is 1. The van der Waals surface area contributed by atoms with Crippen LogP contribution in [0.4, 0.5) is 10.5 Å². The van der Waals surface area contributed by atoms with E-state index in [1.165, 1.54) is 19.1 Å². The highest BCUT2D eigenvalue weighted by Gasteiger charge is 2.24. The highest BCUT2D eigenvalue weighted by atomic mass is 16.5. The first-order chi connectivity index (χ1) is 22.0. The number of carboxylic acid groups (broad SMARTS) is 1. The Morgan fingerprint density at radius 2 is 1.52 bits per heavy atom. The number of carboxylic acids is 1. The van der Waals surface area contributed by atoms with Crippen LogP contribution in [0.15, 0.2) is 78.9 Å². The SMILES string of the molecule is CC(=O)NC(CCCCNC(=O)OCc1ccccc1)C(=O)Nc1ccc(C(=O)NC(CC(=O)O)C(N)=O)c(-c2ccccc2)c1. The summed E-state index contributed by atoms with van der Waals surface area (Å²) in [6.45, 7) is 1.76. The molecule has 3 aromatic carbocycles. The molecule has 13 heteroatoms. The molecule has 7 N–H and O–H groups in total. The lowest BCUT2D eigenvalue weighted by molar-refractivity contribution is -0.139. The first-order valence-corrected chi connectivity index (χ1v) is 14.6. The first-order valence-electron chi connectivity index (χ1n) is 14.6. The van der Waals surface area contributed by atoms with Crippen molar-refractivity contribution in [3.63, 3.8) is 0 Å². The summed E-state index contributed by atoms with van der Waals surface area (Å²) in [4.78, 5) is 73.1. The number of benzene rings is 3. The molecular weight excluding hydrogens is 594 g/mol. The van der Waals surface area contributed by atoms with Gasteiger partial charge in [0.05, 0.1) is 6.42 Å². The molecule has 0 saturated carbocycles. The van der Waals surface area contributed by atoms with Crippen molar-refractivity contribution in [3.8, 4) is 11.1 Å². The number of ether oxygens (including phenoxy) is 1. The zero-order valence-corrected chi connectivity index (χ0v) is 25.3. The van der Waals surface area contributed by atoms with Gasteiger partial charge in [0.1, 0.15) is 18.7 Å². The van der Waals surface area contributed by atoms with Crippen LogP contribution in [0.3, 0.4) is 0 Å². The van der Waals surface area contributed by atoms with Gasteiger partial charge < -0.3 is 36.8 Å². The van der Waals surface area contributed by atoms with E-state index in [4.69, 9.17) is 15.6 Å². The van der Waals surface area contributed by atoms with E-state index in [0.29, 0.717) is 36.2 Å². The quantitative estimate of drug-likeness (QED) is 0.129. The lowest BCUT2D eigenvalue weighted by atomic mass is 9.97. The fraction of sp³-hybridized carbons (Fsp3) is 0.273. The van der Waals surface area contributed by atoms with Crippen molar-refractivity contribution in [3.05, 3.63) is 90.0 Å². The first kappa shape index (κ1) is 34.8. The number of rotatable bonds is 16.